The first-order valence-corrected chi connectivity index (χ1v) is 7.62. The van der Waals surface area contributed by atoms with Crippen molar-refractivity contribution in [1.82, 2.24) is 5.32 Å². The topological polar surface area (TPSA) is 29.1 Å². The summed E-state index contributed by atoms with van der Waals surface area (Å²) < 4.78 is 0. The van der Waals surface area contributed by atoms with Crippen molar-refractivity contribution in [3.05, 3.63) is 0 Å². The number of carbonyl (C=O) groups excluding carboxylic acids is 1. The third-order valence-electron chi connectivity index (χ3n) is 5.13. The maximum Gasteiger partial charge on any atom is 0.224 e. The third kappa shape index (κ3) is 2.54. The van der Waals surface area contributed by atoms with Crippen molar-refractivity contribution in [3.8, 4) is 0 Å². The van der Waals surface area contributed by atoms with E-state index in [-0.39, 0.29) is 28.2 Å². The normalized spacial score (nSPS) is 25.1. The zero-order chi connectivity index (χ0) is 13.5. The van der Waals surface area contributed by atoms with E-state index in [2.05, 4.69) is 62.8 Å². The molecule has 17 heavy (non-hydrogen) atoms. The van der Waals surface area contributed by atoms with Crippen LogP contribution >= 0.6 is 15.9 Å². The zero-order valence-electron chi connectivity index (χ0n) is 12.0. The van der Waals surface area contributed by atoms with Gasteiger partial charge in [-0.05, 0) is 30.6 Å². The summed E-state index contributed by atoms with van der Waals surface area (Å²) in [6, 6.07) is 0. The fourth-order valence-electron chi connectivity index (χ4n) is 2.76. The average Bonchev–Trinajstić information content (AvgIpc) is 2.57. The second kappa shape index (κ2) is 4.56. The SMILES string of the molecule is CCC(C)(CCBr)NC(=O)C1C(C)(C)C1(C)C. The lowest BCUT2D eigenvalue weighted by Crippen LogP contribution is -2.47. The van der Waals surface area contributed by atoms with E-state index in [9.17, 15) is 4.79 Å². The quantitative estimate of drug-likeness (QED) is 0.770. The van der Waals surface area contributed by atoms with E-state index in [1.165, 1.54) is 0 Å². The molecule has 1 aliphatic rings. The minimum absolute atomic E-state index is 0.0741. The first-order valence-electron chi connectivity index (χ1n) is 6.50. The molecule has 3 heteroatoms. The van der Waals surface area contributed by atoms with Crippen molar-refractivity contribution in [1.29, 1.82) is 0 Å². The van der Waals surface area contributed by atoms with Crippen LogP contribution in [-0.2, 0) is 4.79 Å². The molecule has 0 heterocycles. The van der Waals surface area contributed by atoms with Crippen molar-refractivity contribution < 1.29 is 4.79 Å². The summed E-state index contributed by atoms with van der Waals surface area (Å²) in [5, 5.41) is 4.17. The zero-order valence-corrected chi connectivity index (χ0v) is 13.6. The molecule has 1 saturated carbocycles. The summed E-state index contributed by atoms with van der Waals surface area (Å²) in [5.41, 5.74) is 0.176. The summed E-state index contributed by atoms with van der Waals surface area (Å²) in [6.07, 6.45) is 1.95. The highest BCUT2D eigenvalue weighted by molar-refractivity contribution is 9.09. The lowest BCUT2D eigenvalue weighted by Gasteiger charge is -2.29. The number of halogens is 1. The summed E-state index contributed by atoms with van der Waals surface area (Å²) in [5.74, 6) is 0.376. The van der Waals surface area contributed by atoms with Crippen LogP contribution in [0.1, 0.15) is 54.4 Å². The summed E-state index contributed by atoms with van der Waals surface area (Å²) in [7, 11) is 0. The monoisotopic (exact) mass is 303 g/mol. The average molecular weight is 304 g/mol. The Labute approximate surface area is 114 Å². The Balaban J connectivity index is 2.69. The second-order valence-electron chi connectivity index (χ2n) is 6.72. The highest BCUT2D eigenvalue weighted by atomic mass is 79.9. The van der Waals surface area contributed by atoms with Crippen molar-refractivity contribution in [3.63, 3.8) is 0 Å². The molecule has 2 nitrogen and oxygen atoms in total. The van der Waals surface area contributed by atoms with Gasteiger partial charge in [0.25, 0.3) is 0 Å². The number of carbonyl (C=O) groups is 1. The minimum Gasteiger partial charge on any atom is -0.351 e. The lowest BCUT2D eigenvalue weighted by molar-refractivity contribution is -0.125. The van der Waals surface area contributed by atoms with E-state index in [0.717, 1.165) is 18.2 Å². The molecule has 1 N–H and O–H groups in total. The van der Waals surface area contributed by atoms with Crippen molar-refractivity contribution in [2.75, 3.05) is 5.33 Å². The fourth-order valence-corrected chi connectivity index (χ4v) is 3.63. The summed E-state index contributed by atoms with van der Waals surface area (Å²) in [4.78, 5) is 12.4. The molecule has 1 aliphatic carbocycles. The van der Waals surface area contributed by atoms with Crippen molar-refractivity contribution in [2.45, 2.75) is 59.9 Å². The van der Waals surface area contributed by atoms with Gasteiger partial charge < -0.3 is 5.32 Å². The summed E-state index contributed by atoms with van der Waals surface area (Å²) in [6.45, 7) is 13.0. The number of alkyl halides is 1. The molecule has 0 aromatic rings. The lowest BCUT2D eigenvalue weighted by atomic mass is 9.95. The molecule has 1 fully saturated rings. The van der Waals surface area contributed by atoms with Gasteiger partial charge in [0.2, 0.25) is 5.91 Å². The van der Waals surface area contributed by atoms with Crippen LogP contribution in [0.25, 0.3) is 0 Å². The van der Waals surface area contributed by atoms with Gasteiger partial charge in [0.15, 0.2) is 0 Å². The molecular formula is C14H26BrNO. The largest absolute Gasteiger partial charge is 0.351 e. The van der Waals surface area contributed by atoms with Crippen LogP contribution < -0.4 is 5.32 Å². The van der Waals surface area contributed by atoms with Gasteiger partial charge in [0.1, 0.15) is 0 Å². The predicted octanol–water partition coefficient (Wildman–Crippen LogP) is 3.74. The van der Waals surface area contributed by atoms with Crippen LogP contribution in [0, 0.1) is 16.7 Å². The van der Waals surface area contributed by atoms with E-state index in [0.29, 0.717) is 0 Å². The van der Waals surface area contributed by atoms with E-state index in [4.69, 9.17) is 0 Å². The van der Waals surface area contributed by atoms with Gasteiger partial charge in [0, 0.05) is 16.8 Å². The Kier molecular flexibility index (Phi) is 4.03. The van der Waals surface area contributed by atoms with Gasteiger partial charge in [-0.3, -0.25) is 4.79 Å². The third-order valence-corrected chi connectivity index (χ3v) is 5.53. The molecule has 1 atom stereocenters. The molecule has 1 amide bonds. The molecule has 1 rings (SSSR count). The number of hydrogen-bond donors (Lipinski definition) is 1. The molecule has 0 saturated heterocycles. The molecular weight excluding hydrogens is 278 g/mol. The Morgan fingerprint density at radius 2 is 1.76 bits per heavy atom. The van der Waals surface area contributed by atoms with Gasteiger partial charge in [-0.2, -0.15) is 0 Å². The fraction of sp³-hybridized carbons (Fsp3) is 0.929. The number of nitrogens with one attached hydrogen (secondary N) is 1. The van der Waals surface area contributed by atoms with E-state index >= 15 is 0 Å². The van der Waals surface area contributed by atoms with Crippen LogP contribution in [-0.4, -0.2) is 16.8 Å². The van der Waals surface area contributed by atoms with Gasteiger partial charge >= 0.3 is 0 Å². The van der Waals surface area contributed by atoms with Gasteiger partial charge in [0.05, 0.1) is 0 Å². The highest BCUT2D eigenvalue weighted by Crippen LogP contribution is 2.68. The molecule has 1 unspecified atom stereocenters. The van der Waals surface area contributed by atoms with E-state index < -0.39 is 0 Å². The second-order valence-corrected chi connectivity index (χ2v) is 7.51. The van der Waals surface area contributed by atoms with Crippen LogP contribution in [0.4, 0.5) is 0 Å². The first-order chi connectivity index (χ1) is 7.62. The maximum absolute atomic E-state index is 12.4. The predicted molar refractivity (Wildman–Crippen MR) is 76.3 cm³/mol. The smallest absolute Gasteiger partial charge is 0.224 e. The number of rotatable bonds is 5. The first kappa shape index (κ1) is 15.0. The Morgan fingerprint density at radius 1 is 1.29 bits per heavy atom. The molecule has 0 radical (unpaired) electrons. The van der Waals surface area contributed by atoms with E-state index in [1.807, 2.05) is 0 Å². The van der Waals surface area contributed by atoms with Crippen LogP contribution in [0.3, 0.4) is 0 Å². The van der Waals surface area contributed by atoms with Crippen LogP contribution in [0.2, 0.25) is 0 Å². The highest BCUT2D eigenvalue weighted by Gasteiger charge is 2.68. The van der Waals surface area contributed by atoms with Crippen LogP contribution in [0.5, 0.6) is 0 Å². The minimum atomic E-state index is -0.0741. The van der Waals surface area contributed by atoms with E-state index in [1.54, 1.807) is 0 Å². The van der Waals surface area contributed by atoms with Crippen molar-refractivity contribution in [2.24, 2.45) is 16.7 Å². The molecule has 0 aliphatic heterocycles. The molecule has 0 bridgehead atoms. The maximum atomic E-state index is 12.4. The van der Waals surface area contributed by atoms with Gasteiger partial charge in [-0.15, -0.1) is 0 Å². The summed E-state index contributed by atoms with van der Waals surface area (Å²) >= 11 is 3.46. The Morgan fingerprint density at radius 3 is 2.06 bits per heavy atom. The van der Waals surface area contributed by atoms with Gasteiger partial charge in [-0.1, -0.05) is 50.5 Å². The Hall–Kier alpha value is -0.0500. The number of hydrogen-bond acceptors (Lipinski definition) is 1. The molecule has 0 aromatic heterocycles. The molecule has 0 aromatic carbocycles. The standard InChI is InChI=1S/C14H26BrNO/c1-7-14(6,8-9-15)16-11(17)10-12(2,3)13(10,4)5/h10H,7-9H2,1-6H3,(H,16,17). The van der Waals surface area contributed by atoms with Crippen LogP contribution in [0.15, 0.2) is 0 Å². The Bertz CT molecular complexity index is 297. The number of amides is 1. The van der Waals surface area contributed by atoms with Gasteiger partial charge in [-0.25, -0.2) is 0 Å². The molecule has 0 spiro atoms. The van der Waals surface area contributed by atoms with Crippen molar-refractivity contribution >= 4 is 21.8 Å². The molecule has 100 valence electrons.